The number of benzene rings is 2. The maximum absolute atomic E-state index is 13.4. The highest BCUT2D eigenvalue weighted by atomic mass is 16.1. The Balaban J connectivity index is 1.77. The van der Waals surface area contributed by atoms with Gasteiger partial charge in [-0.3, -0.25) is 14.6 Å². The van der Waals surface area contributed by atoms with Crippen LogP contribution in [0, 0.1) is 18.3 Å². The Bertz CT molecular complexity index is 1100. The summed E-state index contributed by atoms with van der Waals surface area (Å²) in [5.74, 6) is -0.341. The Morgan fingerprint density at radius 3 is 2.43 bits per heavy atom. The van der Waals surface area contributed by atoms with Crippen LogP contribution < -0.4 is 0 Å². The molecule has 1 heterocycles. The third-order valence-corrected chi connectivity index (χ3v) is 6.25. The lowest BCUT2D eigenvalue weighted by molar-refractivity contribution is -0.124. The number of nitrogens with zero attached hydrogens (tertiary/aromatic N) is 1. The van der Waals surface area contributed by atoms with Crippen LogP contribution in [0.2, 0.25) is 0 Å². The lowest BCUT2D eigenvalue weighted by atomic mass is 9.63. The van der Waals surface area contributed by atoms with Crippen molar-refractivity contribution >= 4 is 23.0 Å². The fraction of sp³-hybridized carbons (Fsp3) is 0.320. The molecule has 2 aromatic rings. The van der Waals surface area contributed by atoms with Crippen LogP contribution in [0.25, 0.3) is 5.70 Å². The number of carbonyl (C=O) groups excluding carboxylic acids is 2. The Morgan fingerprint density at radius 1 is 0.929 bits per heavy atom. The molecule has 1 fully saturated rings. The van der Waals surface area contributed by atoms with E-state index in [2.05, 4.69) is 26.0 Å². The van der Waals surface area contributed by atoms with E-state index >= 15 is 0 Å². The van der Waals surface area contributed by atoms with Gasteiger partial charge in [-0.05, 0) is 24.3 Å². The van der Waals surface area contributed by atoms with Crippen molar-refractivity contribution in [2.24, 2.45) is 16.3 Å². The highest BCUT2D eigenvalue weighted by Crippen LogP contribution is 2.51. The lowest BCUT2D eigenvalue weighted by Crippen LogP contribution is -2.43. The molecule has 2 aliphatic carbocycles. The number of ketones is 2. The van der Waals surface area contributed by atoms with Crippen molar-refractivity contribution in [3.8, 4) is 0 Å². The highest BCUT2D eigenvalue weighted by Gasteiger charge is 2.49. The van der Waals surface area contributed by atoms with Gasteiger partial charge < -0.3 is 0 Å². The molecule has 140 valence electrons. The summed E-state index contributed by atoms with van der Waals surface area (Å²) in [4.78, 5) is 31.6. The molecule has 0 unspecified atom stereocenters. The van der Waals surface area contributed by atoms with Crippen LogP contribution in [0.15, 0.2) is 59.1 Å². The van der Waals surface area contributed by atoms with Gasteiger partial charge in [0, 0.05) is 34.8 Å². The summed E-state index contributed by atoms with van der Waals surface area (Å²) in [6.07, 6.45) is 1.32. The summed E-state index contributed by atoms with van der Waals surface area (Å²) in [7, 11) is 0. The molecule has 1 aliphatic heterocycles. The Morgan fingerprint density at radius 2 is 1.68 bits per heavy atom. The van der Waals surface area contributed by atoms with Crippen molar-refractivity contribution in [3.63, 3.8) is 0 Å². The number of carbonyl (C=O) groups is 2. The van der Waals surface area contributed by atoms with Crippen LogP contribution >= 0.6 is 0 Å². The molecule has 3 aliphatic rings. The summed E-state index contributed by atoms with van der Waals surface area (Å²) >= 11 is 0. The van der Waals surface area contributed by atoms with Crippen molar-refractivity contribution in [3.05, 3.63) is 76.4 Å². The van der Waals surface area contributed by atoms with E-state index in [0.29, 0.717) is 17.6 Å². The first-order chi connectivity index (χ1) is 13.4. The molecule has 0 aromatic heterocycles. The Hall–Kier alpha value is -2.81. The number of aryl methyl sites for hydroxylation is 1. The zero-order valence-electron chi connectivity index (χ0n) is 16.5. The van der Waals surface area contributed by atoms with Crippen LogP contribution in [0.3, 0.4) is 0 Å². The van der Waals surface area contributed by atoms with E-state index in [4.69, 9.17) is 4.99 Å². The second-order valence-electron chi connectivity index (χ2n) is 9.09. The molecule has 3 heteroatoms. The molecule has 2 atom stereocenters. The van der Waals surface area contributed by atoms with Gasteiger partial charge in [-0.15, -0.1) is 0 Å². The summed E-state index contributed by atoms with van der Waals surface area (Å²) in [6, 6.07) is 15.9. The molecule has 0 N–H and O–H groups in total. The van der Waals surface area contributed by atoms with Crippen molar-refractivity contribution in [2.45, 2.75) is 39.5 Å². The van der Waals surface area contributed by atoms with Gasteiger partial charge in [0.25, 0.3) is 0 Å². The van der Waals surface area contributed by atoms with Gasteiger partial charge in [-0.25, -0.2) is 0 Å². The zero-order valence-corrected chi connectivity index (χ0v) is 16.5. The standard InChI is InChI=1S/C25H23NO2/c1-14-7-6-8-15(11-14)20-21-18(12-25(2,3)13-19(21)27)26-23-16-9-4-5-10-17(16)24(28)22(20)23/h4-11,20-21H,12-13H2,1-3H3/t20-,21-/m0/s1. The molecule has 0 spiro atoms. The van der Waals surface area contributed by atoms with E-state index in [1.54, 1.807) is 0 Å². The van der Waals surface area contributed by atoms with Gasteiger partial charge in [0.1, 0.15) is 5.78 Å². The molecule has 5 rings (SSSR count). The van der Waals surface area contributed by atoms with Gasteiger partial charge in [0.05, 0.1) is 11.6 Å². The molecule has 1 saturated carbocycles. The third-order valence-electron chi connectivity index (χ3n) is 6.25. The monoisotopic (exact) mass is 369 g/mol. The molecular formula is C25H23NO2. The smallest absolute Gasteiger partial charge is 0.192 e. The SMILES string of the molecule is Cc1cccc([C@@H]2C3=C(N=C4CC(C)(C)CC(=O)[C@H]42)c2ccccc2C3=O)c1. The van der Waals surface area contributed by atoms with Crippen LogP contribution in [-0.4, -0.2) is 17.3 Å². The molecule has 2 aromatic carbocycles. The van der Waals surface area contributed by atoms with E-state index in [9.17, 15) is 9.59 Å². The molecule has 28 heavy (non-hydrogen) atoms. The summed E-state index contributed by atoms with van der Waals surface area (Å²) in [6.45, 7) is 6.31. The van der Waals surface area contributed by atoms with E-state index in [0.717, 1.165) is 34.5 Å². The maximum atomic E-state index is 13.4. The predicted octanol–water partition coefficient (Wildman–Crippen LogP) is 5.15. The first-order valence-corrected chi connectivity index (χ1v) is 9.91. The van der Waals surface area contributed by atoms with Gasteiger partial charge >= 0.3 is 0 Å². The van der Waals surface area contributed by atoms with Crippen molar-refractivity contribution < 1.29 is 9.59 Å². The van der Waals surface area contributed by atoms with E-state index in [-0.39, 0.29) is 28.8 Å². The Kier molecular flexibility index (Phi) is 3.61. The zero-order chi connectivity index (χ0) is 19.6. The van der Waals surface area contributed by atoms with E-state index in [1.807, 2.05) is 43.3 Å². The molecule has 0 radical (unpaired) electrons. The van der Waals surface area contributed by atoms with Gasteiger partial charge in [-0.2, -0.15) is 0 Å². The first kappa shape index (κ1) is 17.3. The predicted molar refractivity (Wildman–Crippen MR) is 111 cm³/mol. The second kappa shape index (κ2) is 5.84. The number of rotatable bonds is 1. The van der Waals surface area contributed by atoms with Crippen molar-refractivity contribution in [1.82, 2.24) is 0 Å². The fourth-order valence-electron chi connectivity index (χ4n) is 5.14. The number of Topliss-reactive ketones (excluding diaryl/α,β-unsaturated/α-hetero) is 2. The largest absolute Gasteiger partial charge is 0.299 e. The number of fused-ring (bicyclic) bond motifs is 3. The summed E-state index contributed by atoms with van der Waals surface area (Å²) in [5, 5.41) is 0. The topological polar surface area (TPSA) is 46.5 Å². The Labute approximate surface area is 165 Å². The number of hydrogen-bond acceptors (Lipinski definition) is 3. The number of hydrogen-bond donors (Lipinski definition) is 0. The normalized spacial score (nSPS) is 25.2. The van der Waals surface area contributed by atoms with Crippen LogP contribution in [-0.2, 0) is 4.79 Å². The van der Waals surface area contributed by atoms with E-state index < -0.39 is 0 Å². The van der Waals surface area contributed by atoms with Crippen LogP contribution in [0.4, 0.5) is 0 Å². The first-order valence-electron chi connectivity index (χ1n) is 9.91. The van der Waals surface area contributed by atoms with Crippen LogP contribution in [0.1, 0.15) is 59.7 Å². The minimum atomic E-state index is -0.327. The minimum Gasteiger partial charge on any atom is -0.299 e. The molecule has 0 saturated heterocycles. The minimum absolute atomic E-state index is 0.0255. The quantitative estimate of drug-likeness (QED) is 0.698. The average Bonchev–Trinajstić information content (AvgIpc) is 2.92. The molecule has 0 bridgehead atoms. The van der Waals surface area contributed by atoms with E-state index in [1.165, 1.54) is 0 Å². The third kappa shape index (κ3) is 2.46. The number of allylic oxidation sites excluding steroid dienone is 1. The van der Waals surface area contributed by atoms with Crippen LogP contribution in [0.5, 0.6) is 0 Å². The lowest BCUT2D eigenvalue weighted by Gasteiger charge is -2.40. The fourth-order valence-corrected chi connectivity index (χ4v) is 5.14. The summed E-state index contributed by atoms with van der Waals surface area (Å²) in [5.41, 5.74) is 6.12. The second-order valence-corrected chi connectivity index (χ2v) is 9.09. The number of aliphatic imine (C=N–C) groups is 1. The van der Waals surface area contributed by atoms with Crippen molar-refractivity contribution in [1.29, 1.82) is 0 Å². The maximum Gasteiger partial charge on any atom is 0.192 e. The molecule has 3 nitrogen and oxygen atoms in total. The highest BCUT2D eigenvalue weighted by molar-refractivity contribution is 6.25. The van der Waals surface area contributed by atoms with Crippen molar-refractivity contribution in [2.75, 3.05) is 0 Å². The average molecular weight is 369 g/mol. The molecular weight excluding hydrogens is 346 g/mol. The summed E-state index contributed by atoms with van der Waals surface area (Å²) < 4.78 is 0. The van der Waals surface area contributed by atoms with Gasteiger partial charge in [-0.1, -0.05) is 67.9 Å². The van der Waals surface area contributed by atoms with Gasteiger partial charge in [0.15, 0.2) is 5.78 Å². The molecule has 0 amide bonds. The van der Waals surface area contributed by atoms with Gasteiger partial charge in [0.2, 0.25) is 0 Å².